The van der Waals surface area contributed by atoms with Crippen LogP contribution in [0.25, 0.3) is 0 Å². The lowest BCUT2D eigenvalue weighted by Gasteiger charge is -2.20. The molecule has 0 aromatic heterocycles. The Balaban J connectivity index is 1.91. The van der Waals surface area contributed by atoms with Crippen LogP contribution in [-0.4, -0.2) is 47.6 Å². The molecule has 0 spiro atoms. The van der Waals surface area contributed by atoms with Gasteiger partial charge in [-0.2, -0.15) is 35.3 Å². The lowest BCUT2D eigenvalue weighted by Crippen LogP contribution is -2.30. The van der Waals surface area contributed by atoms with Crippen LogP contribution >= 0.6 is 35.3 Å². The van der Waals surface area contributed by atoms with Crippen molar-refractivity contribution >= 4 is 35.3 Å². The van der Waals surface area contributed by atoms with Gasteiger partial charge in [0, 0.05) is 41.4 Å². The molecule has 1 rings (SSSR count). The van der Waals surface area contributed by atoms with Crippen molar-refractivity contribution in [2.24, 2.45) is 0 Å². The molecule has 0 aromatic rings. The fourth-order valence-corrected chi connectivity index (χ4v) is 4.09. The third-order valence-electron chi connectivity index (χ3n) is 1.74. The first-order valence-electron chi connectivity index (χ1n) is 4.32. The van der Waals surface area contributed by atoms with Gasteiger partial charge < -0.3 is 5.32 Å². The molecule has 1 heterocycles. The second-order valence-corrected chi connectivity index (χ2v) is 6.31. The lowest BCUT2D eigenvalue weighted by molar-refractivity contribution is 0.720. The Morgan fingerprint density at radius 2 is 2.42 bits per heavy atom. The van der Waals surface area contributed by atoms with E-state index in [0.29, 0.717) is 0 Å². The minimum Gasteiger partial charge on any atom is -0.315 e. The van der Waals surface area contributed by atoms with Crippen molar-refractivity contribution in [3.8, 4) is 0 Å². The molecule has 1 N–H and O–H groups in total. The quantitative estimate of drug-likeness (QED) is 0.713. The predicted molar refractivity (Wildman–Crippen MR) is 64.8 cm³/mol. The normalized spacial score (nSPS) is 24.2. The van der Waals surface area contributed by atoms with Gasteiger partial charge in [0.05, 0.1) is 0 Å². The largest absolute Gasteiger partial charge is 0.315 e. The van der Waals surface area contributed by atoms with Crippen LogP contribution in [-0.2, 0) is 0 Å². The van der Waals surface area contributed by atoms with Crippen LogP contribution in [0.5, 0.6) is 0 Å². The Kier molecular flexibility index (Phi) is 6.85. The van der Waals surface area contributed by atoms with Gasteiger partial charge in [-0.15, -0.1) is 0 Å². The standard InChI is InChI=1S/C8H17NS3/c1-10-3-2-9-6-8-7-11-4-5-12-8/h8-9H,2-7H2,1H3. The van der Waals surface area contributed by atoms with Crippen LogP contribution in [0, 0.1) is 0 Å². The Hall–Kier alpha value is 1.01. The van der Waals surface area contributed by atoms with Crippen molar-refractivity contribution in [1.82, 2.24) is 5.32 Å². The van der Waals surface area contributed by atoms with Crippen molar-refractivity contribution in [2.75, 3.05) is 42.4 Å². The van der Waals surface area contributed by atoms with Gasteiger partial charge >= 0.3 is 0 Å². The van der Waals surface area contributed by atoms with Crippen LogP contribution in [0.1, 0.15) is 0 Å². The molecule has 1 aliphatic heterocycles. The van der Waals surface area contributed by atoms with Crippen molar-refractivity contribution in [3.63, 3.8) is 0 Å². The zero-order valence-electron chi connectivity index (χ0n) is 7.54. The molecular formula is C8H17NS3. The third kappa shape index (κ3) is 4.90. The van der Waals surface area contributed by atoms with Gasteiger partial charge in [-0.05, 0) is 6.26 Å². The molecule has 0 bridgehead atoms. The number of rotatable bonds is 5. The maximum absolute atomic E-state index is 3.50. The van der Waals surface area contributed by atoms with E-state index in [9.17, 15) is 0 Å². The highest BCUT2D eigenvalue weighted by molar-refractivity contribution is 8.06. The van der Waals surface area contributed by atoms with Gasteiger partial charge in [-0.25, -0.2) is 0 Å². The van der Waals surface area contributed by atoms with Crippen LogP contribution in [0.2, 0.25) is 0 Å². The lowest BCUT2D eigenvalue weighted by atomic mass is 10.4. The van der Waals surface area contributed by atoms with Gasteiger partial charge in [0.25, 0.3) is 0 Å². The van der Waals surface area contributed by atoms with Gasteiger partial charge in [-0.1, -0.05) is 0 Å². The highest BCUT2D eigenvalue weighted by Crippen LogP contribution is 2.23. The summed E-state index contributed by atoms with van der Waals surface area (Å²) in [6.07, 6.45) is 2.16. The average Bonchev–Trinajstić information content (AvgIpc) is 2.14. The molecule has 1 fully saturated rings. The molecule has 0 radical (unpaired) electrons. The zero-order chi connectivity index (χ0) is 8.65. The summed E-state index contributed by atoms with van der Waals surface area (Å²) >= 11 is 6.15. The van der Waals surface area contributed by atoms with Crippen LogP contribution in [0.4, 0.5) is 0 Å². The minimum atomic E-state index is 0.866. The van der Waals surface area contributed by atoms with Crippen molar-refractivity contribution in [2.45, 2.75) is 5.25 Å². The molecule has 0 aliphatic carbocycles. The van der Waals surface area contributed by atoms with Gasteiger partial charge in [-0.3, -0.25) is 0 Å². The Bertz CT molecular complexity index is 104. The van der Waals surface area contributed by atoms with Crippen molar-refractivity contribution in [1.29, 1.82) is 0 Å². The molecule has 1 saturated heterocycles. The van der Waals surface area contributed by atoms with E-state index in [4.69, 9.17) is 0 Å². The number of nitrogens with one attached hydrogen (secondary N) is 1. The first-order valence-corrected chi connectivity index (χ1v) is 7.92. The van der Waals surface area contributed by atoms with E-state index >= 15 is 0 Å². The van der Waals surface area contributed by atoms with E-state index in [1.54, 1.807) is 0 Å². The van der Waals surface area contributed by atoms with E-state index < -0.39 is 0 Å². The molecule has 12 heavy (non-hydrogen) atoms. The summed E-state index contributed by atoms with van der Waals surface area (Å²) < 4.78 is 0. The Morgan fingerprint density at radius 3 is 3.08 bits per heavy atom. The molecule has 0 saturated carbocycles. The second kappa shape index (κ2) is 7.42. The third-order valence-corrected chi connectivity index (χ3v) is 5.20. The molecule has 0 aromatic carbocycles. The Labute approximate surface area is 88.2 Å². The first kappa shape index (κ1) is 11.1. The van der Waals surface area contributed by atoms with Crippen molar-refractivity contribution in [3.05, 3.63) is 0 Å². The molecular weight excluding hydrogens is 206 g/mol. The zero-order valence-corrected chi connectivity index (χ0v) is 9.99. The maximum atomic E-state index is 3.50. The summed E-state index contributed by atoms with van der Waals surface area (Å²) in [7, 11) is 0. The molecule has 72 valence electrons. The first-order chi connectivity index (χ1) is 5.93. The fraction of sp³-hybridized carbons (Fsp3) is 1.00. The van der Waals surface area contributed by atoms with Gasteiger partial charge in [0.15, 0.2) is 0 Å². The summed E-state index contributed by atoms with van der Waals surface area (Å²) in [5.41, 5.74) is 0. The van der Waals surface area contributed by atoms with Crippen LogP contribution < -0.4 is 5.32 Å². The van der Waals surface area contributed by atoms with Crippen molar-refractivity contribution < 1.29 is 0 Å². The number of thioether (sulfide) groups is 3. The highest BCUT2D eigenvalue weighted by Gasteiger charge is 2.12. The molecule has 1 atom stereocenters. The topological polar surface area (TPSA) is 12.0 Å². The van der Waals surface area contributed by atoms with E-state index in [-0.39, 0.29) is 0 Å². The van der Waals surface area contributed by atoms with Crippen LogP contribution in [0.15, 0.2) is 0 Å². The SMILES string of the molecule is CSCCNCC1CSCCS1. The summed E-state index contributed by atoms with van der Waals surface area (Å²) in [6.45, 7) is 2.38. The van der Waals surface area contributed by atoms with Gasteiger partial charge in [0.1, 0.15) is 0 Å². The average molecular weight is 223 g/mol. The summed E-state index contributed by atoms with van der Waals surface area (Å²) in [5, 5.41) is 4.37. The second-order valence-electron chi connectivity index (χ2n) is 2.76. The Morgan fingerprint density at radius 1 is 1.50 bits per heavy atom. The van der Waals surface area contributed by atoms with Crippen LogP contribution in [0.3, 0.4) is 0 Å². The minimum absolute atomic E-state index is 0.866. The maximum Gasteiger partial charge on any atom is 0.0263 e. The summed E-state index contributed by atoms with van der Waals surface area (Å²) in [4.78, 5) is 0. The molecule has 1 unspecified atom stereocenters. The predicted octanol–water partition coefficient (Wildman–Crippen LogP) is 1.79. The molecule has 0 amide bonds. The molecule has 1 nitrogen and oxygen atoms in total. The molecule has 1 aliphatic rings. The number of hydrogen-bond donors (Lipinski definition) is 1. The van der Waals surface area contributed by atoms with E-state index in [2.05, 4.69) is 35.1 Å². The monoisotopic (exact) mass is 223 g/mol. The van der Waals surface area contributed by atoms with E-state index in [1.165, 1.54) is 36.1 Å². The fourth-order valence-electron chi connectivity index (χ4n) is 1.09. The number of hydrogen-bond acceptors (Lipinski definition) is 4. The van der Waals surface area contributed by atoms with E-state index in [1.807, 2.05) is 11.8 Å². The summed E-state index contributed by atoms with van der Waals surface area (Å²) in [5.74, 6) is 5.28. The smallest absolute Gasteiger partial charge is 0.0263 e. The van der Waals surface area contributed by atoms with Gasteiger partial charge in [0.2, 0.25) is 0 Å². The molecule has 4 heteroatoms. The highest BCUT2D eigenvalue weighted by atomic mass is 32.2. The summed E-state index contributed by atoms with van der Waals surface area (Å²) in [6, 6.07) is 0. The van der Waals surface area contributed by atoms with E-state index in [0.717, 1.165) is 5.25 Å².